The molecule has 0 unspecified atom stereocenters. The van der Waals surface area contributed by atoms with Crippen LogP contribution in [-0.2, 0) is 6.18 Å². The zero-order valence-electron chi connectivity index (χ0n) is 11.4. The van der Waals surface area contributed by atoms with Gasteiger partial charge in [0.1, 0.15) is 0 Å². The minimum Gasteiger partial charge on any atom is -0.290 e. The van der Waals surface area contributed by atoms with Crippen LogP contribution in [0.3, 0.4) is 0 Å². The van der Waals surface area contributed by atoms with Crippen LogP contribution >= 0.6 is 27.3 Å². The van der Waals surface area contributed by atoms with E-state index in [1.54, 1.807) is 0 Å². The molecule has 0 spiro atoms. The summed E-state index contributed by atoms with van der Waals surface area (Å²) in [6.45, 7) is 0. The van der Waals surface area contributed by atoms with Crippen LogP contribution < -0.4 is 0 Å². The van der Waals surface area contributed by atoms with E-state index in [-0.39, 0.29) is 0 Å². The van der Waals surface area contributed by atoms with E-state index in [1.807, 2.05) is 28.8 Å². The zero-order valence-corrected chi connectivity index (χ0v) is 13.8. The molecular weight excluding hydrogens is 389 g/mol. The smallest absolute Gasteiger partial charge is 0.290 e. The number of thiazole rings is 1. The van der Waals surface area contributed by atoms with Crippen LogP contribution in [0.4, 0.5) is 13.2 Å². The van der Waals surface area contributed by atoms with E-state index in [1.165, 1.54) is 23.5 Å². The average molecular weight is 397 g/mol. The number of rotatable bonds is 1. The Kier molecular flexibility index (Phi) is 3.24. The van der Waals surface area contributed by atoms with E-state index in [2.05, 4.69) is 20.9 Å². The number of hydrogen-bond donors (Lipinski definition) is 0. The molecule has 2 aromatic heterocycles. The van der Waals surface area contributed by atoms with Gasteiger partial charge in [0, 0.05) is 16.2 Å². The van der Waals surface area contributed by atoms with Gasteiger partial charge >= 0.3 is 6.18 Å². The van der Waals surface area contributed by atoms with Gasteiger partial charge in [-0.05, 0) is 40.2 Å². The molecule has 0 amide bonds. The Morgan fingerprint density at radius 3 is 2.48 bits per heavy atom. The van der Waals surface area contributed by atoms with Crippen molar-refractivity contribution in [2.24, 2.45) is 0 Å². The van der Waals surface area contributed by atoms with Gasteiger partial charge in [-0.25, -0.2) is 4.98 Å². The molecule has 0 aliphatic rings. The highest BCUT2D eigenvalue weighted by molar-refractivity contribution is 9.10. The number of hydrogen-bond acceptors (Lipinski definition) is 2. The number of fused-ring (bicyclic) bond motifs is 3. The summed E-state index contributed by atoms with van der Waals surface area (Å²) in [6, 6.07) is 11.0. The highest BCUT2D eigenvalue weighted by atomic mass is 79.9. The molecule has 0 aliphatic heterocycles. The minimum absolute atomic E-state index is 0.656. The summed E-state index contributed by atoms with van der Waals surface area (Å²) < 4.78 is 41.9. The summed E-state index contributed by atoms with van der Waals surface area (Å²) in [5.74, 6) is 0. The summed E-state index contributed by atoms with van der Waals surface area (Å²) in [5.41, 5.74) is 1.69. The van der Waals surface area contributed by atoms with Crippen LogP contribution in [0.2, 0.25) is 0 Å². The van der Waals surface area contributed by atoms with E-state index < -0.39 is 11.7 Å². The molecule has 7 heteroatoms. The molecule has 23 heavy (non-hydrogen) atoms. The van der Waals surface area contributed by atoms with Gasteiger partial charge in [-0.2, -0.15) is 13.2 Å². The first kappa shape index (κ1) is 14.7. The molecule has 2 aromatic carbocycles. The number of halogens is 4. The normalized spacial score (nSPS) is 12.3. The third-order valence-electron chi connectivity index (χ3n) is 3.58. The number of aromatic nitrogens is 2. The van der Waals surface area contributed by atoms with E-state index in [0.29, 0.717) is 11.3 Å². The summed E-state index contributed by atoms with van der Waals surface area (Å²) >= 11 is 5.05. The lowest BCUT2D eigenvalue weighted by Crippen LogP contribution is -2.03. The molecule has 0 N–H and O–H groups in total. The van der Waals surface area contributed by atoms with Crippen LogP contribution in [0.1, 0.15) is 5.56 Å². The largest absolute Gasteiger partial charge is 0.416 e. The van der Waals surface area contributed by atoms with Gasteiger partial charge in [-0.15, -0.1) is 0 Å². The van der Waals surface area contributed by atoms with E-state index >= 15 is 0 Å². The highest BCUT2D eigenvalue weighted by Gasteiger charge is 2.30. The molecule has 0 fully saturated rings. The molecule has 2 heterocycles. The first-order valence-electron chi connectivity index (χ1n) is 6.67. The Labute approximate surface area is 141 Å². The summed E-state index contributed by atoms with van der Waals surface area (Å²) in [5, 5.41) is 0. The van der Waals surface area contributed by atoms with Crippen molar-refractivity contribution in [3.63, 3.8) is 0 Å². The molecule has 0 atom stereocenters. The number of imidazole rings is 1. The van der Waals surface area contributed by atoms with Crippen LogP contribution in [0.25, 0.3) is 26.4 Å². The Bertz CT molecular complexity index is 1020. The van der Waals surface area contributed by atoms with Gasteiger partial charge in [0.05, 0.1) is 21.5 Å². The van der Waals surface area contributed by atoms with Crippen molar-refractivity contribution in [2.45, 2.75) is 6.18 Å². The van der Waals surface area contributed by atoms with Crippen LogP contribution in [0.15, 0.2) is 53.1 Å². The second-order valence-electron chi connectivity index (χ2n) is 5.04. The lowest BCUT2D eigenvalue weighted by atomic mass is 10.1. The van der Waals surface area contributed by atoms with Crippen molar-refractivity contribution in [3.8, 4) is 11.3 Å². The van der Waals surface area contributed by atoms with Gasteiger partial charge in [0.2, 0.25) is 0 Å². The molecule has 0 radical (unpaired) electrons. The quantitative estimate of drug-likeness (QED) is 0.385. The maximum atomic E-state index is 12.6. The predicted molar refractivity (Wildman–Crippen MR) is 88.7 cm³/mol. The molecule has 2 nitrogen and oxygen atoms in total. The maximum absolute atomic E-state index is 12.6. The summed E-state index contributed by atoms with van der Waals surface area (Å²) in [7, 11) is 0. The van der Waals surface area contributed by atoms with Gasteiger partial charge < -0.3 is 0 Å². The number of benzene rings is 2. The molecule has 4 rings (SSSR count). The monoisotopic (exact) mass is 396 g/mol. The van der Waals surface area contributed by atoms with E-state index in [0.717, 1.165) is 31.8 Å². The fraction of sp³-hybridized carbons (Fsp3) is 0.0625. The van der Waals surface area contributed by atoms with Crippen molar-refractivity contribution in [1.82, 2.24) is 9.38 Å². The van der Waals surface area contributed by atoms with Crippen molar-refractivity contribution in [1.29, 1.82) is 0 Å². The Balaban J connectivity index is 1.82. The third-order valence-corrected chi connectivity index (χ3v) is 5.61. The van der Waals surface area contributed by atoms with Gasteiger partial charge in [-0.1, -0.05) is 29.5 Å². The Hall–Kier alpha value is -1.86. The average Bonchev–Trinajstić information content (AvgIpc) is 3.06. The molecule has 0 bridgehead atoms. The third kappa shape index (κ3) is 2.44. The fourth-order valence-electron chi connectivity index (χ4n) is 2.46. The lowest BCUT2D eigenvalue weighted by Gasteiger charge is -2.06. The SMILES string of the molecule is FC(F)(F)c1ccc(-c2cn3c(n2)sc2c(Br)cccc23)cc1. The molecular formula is C16H8BrF3N2S. The van der Waals surface area contributed by atoms with Crippen molar-refractivity contribution in [2.75, 3.05) is 0 Å². The van der Waals surface area contributed by atoms with E-state index in [9.17, 15) is 13.2 Å². The molecule has 4 aromatic rings. The van der Waals surface area contributed by atoms with E-state index in [4.69, 9.17) is 0 Å². The van der Waals surface area contributed by atoms with Gasteiger partial charge in [-0.3, -0.25) is 4.40 Å². The molecule has 0 saturated heterocycles. The number of alkyl halides is 3. The van der Waals surface area contributed by atoms with Gasteiger partial charge in [0.25, 0.3) is 0 Å². The van der Waals surface area contributed by atoms with Crippen LogP contribution in [0.5, 0.6) is 0 Å². The van der Waals surface area contributed by atoms with Crippen LogP contribution in [0, 0.1) is 0 Å². The van der Waals surface area contributed by atoms with Crippen molar-refractivity contribution in [3.05, 3.63) is 58.7 Å². The first-order chi connectivity index (χ1) is 10.9. The Morgan fingerprint density at radius 2 is 1.78 bits per heavy atom. The van der Waals surface area contributed by atoms with Crippen molar-refractivity contribution >= 4 is 42.4 Å². The standard InChI is InChI=1S/C16H8BrF3N2S/c17-11-2-1-3-13-14(11)23-15-21-12(8-22(13)15)9-4-6-10(7-5-9)16(18,19)20/h1-8H. The predicted octanol–water partition coefficient (Wildman–Crippen LogP) is 6.00. The topological polar surface area (TPSA) is 17.3 Å². The molecule has 0 saturated carbocycles. The Morgan fingerprint density at radius 1 is 1.04 bits per heavy atom. The second kappa shape index (κ2) is 5.07. The maximum Gasteiger partial charge on any atom is 0.416 e. The van der Waals surface area contributed by atoms with Gasteiger partial charge in [0.15, 0.2) is 4.96 Å². The molecule has 0 aliphatic carbocycles. The molecule has 116 valence electrons. The van der Waals surface area contributed by atoms with Crippen molar-refractivity contribution < 1.29 is 13.2 Å². The zero-order chi connectivity index (χ0) is 16.2. The minimum atomic E-state index is -4.32. The summed E-state index contributed by atoms with van der Waals surface area (Å²) in [6.07, 6.45) is -2.47. The summed E-state index contributed by atoms with van der Waals surface area (Å²) in [4.78, 5) is 5.34. The lowest BCUT2D eigenvalue weighted by molar-refractivity contribution is -0.137. The first-order valence-corrected chi connectivity index (χ1v) is 8.28. The second-order valence-corrected chi connectivity index (χ2v) is 6.88. The fourth-order valence-corrected chi connectivity index (χ4v) is 4.07. The highest BCUT2D eigenvalue weighted by Crippen LogP contribution is 2.35. The number of nitrogens with zero attached hydrogens (tertiary/aromatic N) is 2. The van der Waals surface area contributed by atoms with Crippen LogP contribution in [-0.4, -0.2) is 9.38 Å².